The van der Waals surface area contributed by atoms with Crippen LogP contribution in [0.2, 0.25) is 0 Å². The molecule has 9 nitrogen and oxygen atoms in total. The molecule has 3 heterocycles. The molecular weight excluding hydrogens is 424 g/mol. The van der Waals surface area contributed by atoms with Crippen LogP contribution in [0.5, 0.6) is 5.75 Å². The second-order valence-electron chi connectivity index (χ2n) is 7.12. The van der Waals surface area contributed by atoms with Crippen LogP contribution in [-0.2, 0) is 11.8 Å². The highest BCUT2D eigenvalue weighted by Gasteiger charge is 2.18. The molecule has 4 rings (SSSR count). The molecule has 0 bridgehead atoms. The van der Waals surface area contributed by atoms with Crippen LogP contribution in [0, 0.1) is 0 Å². The van der Waals surface area contributed by atoms with Crippen LogP contribution < -0.4 is 15.8 Å². The summed E-state index contributed by atoms with van der Waals surface area (Å²) in [6.45, 7) is 4.18. The molecule has 1 aromatic carbocycles. The molecule has 3 aromatic heterocycles. The summed E-state index contributed by atoms with van der Waals surface area (Å²) < 4.78 is 13.4. The van der Waals surface area contributed by atoms with E-state index in [2.05, 4.69) is 9.98 Å². The van der Waals surface area contributed by atoms with Gasteiger partial charge in [-0.25, -0.2) is 9.78 Å². The second kappa shape index (κ2) is 9.07. The summed E-state index contributed by atoms with van der Waals surface area (Å²) in [6.07, 6.45) is 1.60. The first-order chi connectivity index (χ1) is 15.9. The normalized spacial score (nSPS) is 11.7. The Balaban J connectivity index is 1.96. The molecule has 0 fully saturated rings. The zero-order valence-electron chi connectivity index (χ0n) is 18.4. The van der Waals surface area contributed by atoms with Crippen molar-refractivity contribution in [3.63, 3.8) is 0 Å². The maximum Gasteiger partial charge on any atom is 0.341 e. The number of amides is 1. The van der Waals surface area contributed by atoms with E-state index in [-0.39, 0.29) is 34.3 Å². The van der Waals surface area contributed by atoms with Gasteiger partial charge in [-0.2, -0.15) is 4.99 Å². The average Bonchev–Trinajstić information content (AvgIpc) is 2.82. The minimum absolute atomic E-state index is 0.000850. The lowest BCUT2D eigenvalue weighted by Gasteiger charge is -2.11. The van der Waals surface area contributed by atoms with Gasteiger partial charge in [-0.15, -0.1) is 0 Å². The Morgan fingerprint density at radius 3 is 2.52 bits per heavy atom. The van der Waals surface area contributed by atoms with Crippen molar-refractivity contribution in [2.45, 2.75) is 13.8 Å². The van der Waals surface area contributed by atoms with Crippen LogP contribution in [0.25, 0.3) is 16.7 Å². The van der Waals surface area contributed by atoms with Gasteiger partial charge < -0.3 is 14.0 Å². The molecule has 0 aliphatic rings. The molecule has 0 atom stereocenters. The van der Waals surface area contributed by atoms with Crippen LogP contribution in [0.4, 0.5) is 0 Å². The molecule has 0 aliphatic carbocycles. The smallest absolute Gasteiger partial charge is 0.341 e. The quantitative estimate of drug-likeness (QED) is 0.345. The van der Waals surface area contributed by atoms with Crippen molar-refractivity contribution in [1.82, 2.24) is 14.0 Å². The van der Waals surface area contributed by atoms with Gasteiger partial charge >= 0.3 is 5.97 Å². The fourth-order valence-corrected chi connectivity index (χ4v) is 3.48. The van der Waals surface area contributed by atoms with Crippen molar-refractivity contribution in [2.75, 3.05) is 13.2 Å². The number of benzene rings is 1. The van der Waals surface area contributed by atoms with Gasteiger partial charge in [-0.05, 0) is 56.3 Å². The van der Waals surface area contributed by atoms with E-state index in [1.165, 1.54) is 15.0 Å². The molecule has 0 saturated carbocycles. The lowest BCUT2D eigenvalue weighted by molar-refractivity contribution is 0.0523. The molecule has 1 amide bonds. The Labute approximate surface area is 188 Å². The monoisotopic (exact) mass is 446 g/mol. The molecule has 0 aliphatic heterocycles. The van der Waals surface area contributed by atoms with Crippen LogP contribution in [0.3, 0.4) is 0 Å². The summed E-state index contributed by atoms with van der Waals surface area (Å²) in [4.78, 5) is 47.4. The zero-order chi connectivity index (χ0) is 23.5. The average molecular weight is 446 g/mol. The lowest BCUT2D eigenvalue weighted by Crippen LogP contribution is -2.31. The van der Waals surface area contributed by atoms with Crippen LogP contribution in [-0.4, -0.2) is 39.0 Å². The summed E-state index contributed by atoms with van der Waals surface area (Å²) in [6, 6.07) is 13.1. The maximum absolute atomic E-state index is 13.1. The van der Waals surface area contributed by atoms with Gasteiger partial charge in [0.15, 0.2) is 5.49 Å². The summed E-state index contributed by atoms with van der Waals surface area (Å²) >= 11 is 0. The molecule has 0 unspecified atom stereocenters. The van der Waals surface area contributed by atoms with Gasteiger partial charge in [0.25, 0.3) is 11.5 Å². The van der Waals surface area contributed by atoms with E-state index >= 15 is 0 Å². The molecule has 33 heavy (non-hydrogen) atoms. The van der Waals surface area contributed by atoms with Gasteiger partial charge in [-0.1, -0.05) is 6.07 Å². The van der Waals surface area contributed by atoms with E-state index in [9.17, 15) is 14.4 Å². The molecule has 0 spiro atoms. The largest absolute Gasteiger partial charge is 0.494 e. The molecular formula is C24H22N4O5. The number of hydrogen-bond acceptors (Lipinski definition) is 6. The summed E-state index contributed by atoms with van der Waals surface area (Å²) in [5.41, 5.74) is 0.740. The van der Waals surface area contributed by atoms with E-state index in [4.69, 9.17) is 9.47 Å². The predicted molar refractivity (Wildman–Crippen MR) is 121 cm³/mol. The minimum Gasteiger partial charge on any atom is -0.494 e. The molecule has 0 saturated heterocycles. The van der Waals surface area contributed by atoms with E-state index in [1.807, 2.05) is 6.92 Å². The van der Waals surface area contributed by atoms with Gasteiger partial charge in [-0.3, -0.25) is 14.0 Å². The van der Waals surface area contributed by atoms with Crippen LogP contribution in [0.1, 0.15) is 34.6 Å². The Bertz CT molecular complexity index is 1500. The van der Waals surface area contributed by atoms with Crippen molar-refractivity contribution in [1.29, 1.82) is 0 Å². The third-order valence-corrected chi connectivity index (χ3v) is 5.03. The van der Waals surface area contributed by atoms with Crippen molar-refractivity contribution in [3.05, 3.63) is 81.7 Å². The van der Waals surface area contributed by atoms with E-state index in [0.29, 0.717) is 23.6 Å². The lowest BCUT2D eigenvalue weighted by atomic mass is 10.2. The van der Waals surface area contributed by atoms with Gasteiger partial charge in [0, 0.05) is 18.8 Å². The van der Waals surface area contributed by atoms with Crippen molar-refractivity contribution < 1.29 is 19.1 Å². The Morgan fingerprint density at radius 1 is 1.06 bits per heavy atom. The van der Waals surface area contributed by atoms with Crippen molar-refractivity contribution >= 4 is 28.6 Å². The van der Waals surface area contributed by atoms with Gasteiger partial charge in [0.2, 0.25) is 0 Å². The Hall–Kier alpha value is -4.27. The first kappa shape index (κ1) is 21.9. The van der Waals surface area contributed by atoms with Crippen LogP contribution in [0.15, 0.2) is 64.5 Å². The summed E-state index contributed by atoms with van der Waals surface area (Å²) in [5.74, 6) is -0.615. The Morgan fingerprint density at radius 2 is 1.82 bits per heavy atom. The maximum atomic E-state index is 13.1. The van der Waals surface area contributed by atoms with Crippen molar-refractivity contribution in [3.8, 4) is 5.75 Å². The minimum atomic E-state index is -0.689. The standard InChI is InChI=1S/C24H22N4O5/c1-4-32-16-11-9-15(10-12-16)22(29)26-21-18(24(31)33-5-2)14-17-20(27(21)3)25-19-8-6-7-13-28(19)23(17)30/h6-14H,4-5H2,1-3H3. The number of hydrogen-bond donors (Lipinski definition) is 0. The summed E-state index contributed by atoms with van der Waals surface area (Å²) in [7, 11) is 1.60. The topological polar surface area (TPSA) is 104 Å². The fourth-order valence-electron chi connectivity index (χ4n) is 3.48. The highest BCUT2D eigenvalue weighted by molar-refractivity contribution is 5.97. The number of aryl methyl sites for hydroxylation is 1. The second-order valence-corrected chi connectivity index (χ2v) is 7.12. The van der Waals surface area contributed by atoms with Gasteiger partial charge in [0.1, 0.15) is 22.6 Å². The first-order valence-electron chi connectivity index (χ1n) is 10.4. The number of aromatic nitrogens is 3. The van der Waals surface area contributed by atoms with E-state index < -0.39 is 11.9 Å². The first-order valence-corrected chi connectivity index (χ1v) is 10.4. The molecule has 9 heteroatoms. The molecule has 0 radical (unpaired) electrons. The summed E-state index contributed by atoms with van der Waals surface area (Å²) in [5, 5.41) is 0.205. The third-order valence-electron chi connectivity index (χ3n) is 5.03. The number of ether oxygens (including phenoxy) is 2. The van der Waals surface area contributed by atoms with E-state index in [0.717, 1.165) is 0 Å². The Kier molecular flexibility index (Phi) is 6.03. The number of carbonyl (C=O) groups excluding carboxylic acids is 2. The number of rotatable bonds is 5. The molecule has 4 aromatic rings. The zero-order valence-corrected chi connectivity index (χ0v) is 18.4. The number of nitrogens with zero attached hydrogens (tertiary/aromatic N) is 4. The number of esters is 1. The van der Waals surface area contributed by atoms with Crippen LogP contribution >= 0.6 is 0 Å². The molecule has 0 N–H and O–H groups in total. The SMILES string of the molecule is CCOC(=O)c1cc2c(=O)n3ccccc3nc2n(C)c1=NC(=O)c1ccc(OCC)cc1. The molecule has 168 valence electrons. The third kappa shape index (κ3) is 4.12. The number of pyridine rings is 2. The van der Waals surface area contributed by atoms with E-state index in [1.54, 1.807) is 62.6 Å². The fraction of sp³-hybridized carbons (Fsp3) is 0.208. The number of fused-ring (bicyclic) bond motifs is 2. The highest BCUT2D eigenvalue weighted by Crippen LogP contribution is 2.14. The predicted octanol–water partition coefficient (Wildman–Crippen LogP) is 2.50. The number of carbonyl (C=O) groups is 2. The highest BCUT2D eigenvalue weighted by atomic mass is 16.5. The van der Waals surface area contributed by atoms with Crippen molar-refractivity contribution in [2.24, 2.45) is 12.0 Å². The van der Waals surface area contributed by atoms with Gasteiger partial charge in [0.05, 0.1) is 18.6 Å².